The summed E-state index contributed by atoms with van der Waals surface area (Å²) in [5, 5.41) is 6.11. The molecular formula is C25H26N2O7. The van der Waals surface area contributed by atoms with Crippen LogP contribution in [-0.2, 0) is 0 Å². The molecule has 1 aromatic heterocycles. The van der Waals surface area contributed by atoms with Crippen molar-refractivity contribution in [1.29, 1.82) is 0 Å². The van der Waals surface area contributed by atoms with Crippen LogP contribution in [0.15, 0.2) is 58.2 Å². The van der Waals surface area contributed by atoms with Crippen molar-refractivity contribution in [3.63, 3.8) is 0 Å². The molecular weight excluding hydrogens is 440 g/mol. The van der Waals surface area contributed by atoms with E-state index in [2.05, 4.69) is 0 Å². The number of benzene rings is 2. The van der Waals surface area contributed by atoms with Crippen molar-refractivity contribution in [2.75, 3.05) is 35.5 Å². The molecule has 2 heterocycles. The van der Waals surface area contributed by atoms with E-state index < -0.39 is 6.04 Å². The van der Waals surface area contributed by atoms with Crippen molar-refractivity contribution >= 4 is 11.6 Å². The molecule has 1 amide bonds. The maximum absolute atomic E-state index is 13.4. The van der Waals surface area contributed by atoms with Crippen molar-refractivity contribution in [1.82, 2.24) is 5.01 Å². The Morgan fingerprint density at radius 3 is 2.29 bits per heavy atom. The van der Waals surface area contributed by atoms with Gasteiger partial charge in [0.15, 0.2) is 17.3 Å². The van der Waals surface area contributed by atoms with Gasteiger partial charge >= 0.3 is 5.91 Å². The van der Waals surface area contributed by atoms with E-state index in [-0.39, 0.29) is 11.7 Å². The smallest absolute Gasteiger partial charge is 0.310 e. The minimum Gasteiger partial charge on any atom is -0.497 e. The van der Waals surface area contributed by atoms with Gasteiger partial charge in [0, 0.05) is 23.6 Å². The molecule has 3 aromatic rings. The standard InChI is InChI=1S/C25H26N2O7/c1-29-15-8-9-16(22(13-15)31-3)18-14-19(27(26-18)25(28)21-7-6-12-34-21)17-10-11-20(30-2)24(33-5)23(17)32-4/h6-13,19H,14H2,1-5H3. The van der Waals surface area contributed by atoms with Gasteiger partial charge in [-0.1, -0.05) is 0 Å². The molecule has 0 N–H and O–H groups in total. The Morgan fingerprint density at radius 1 is 0.912 bits per heavy atom. The Hall–Kier alpha value is -4.14. The second-order valence-corrected chi connectivity index (χ2v) is 7.38. The summed E-state index contributed by atoms with van der Waals surface area (Å²) in [5.74, 6) is 2.45. The first-order chi connectivity index (χ1) is 16.6. The summed E-state index contributed by atoms with van der Waals surface area (Å²) in [7, 11) is 7.80. The number of furan rings is 1. The number of carbonyl (C=O) groups is 1. The lowest BCUT2D eigenvalue weighted by atomic mass is 9.96. The largest absolute Gasteiger partial charge is 0.497 e. The summed E-state index contributed by atoms with van der Waals surface area (Å²) in [6, 6.07) is 11.9. The van der Waals surface area contributed by atoms with E-state index in [1.54, 1.807) is 52.7 Å². The third-order valence-corrected chi connectivity index (χ3v) is 5.66. The molecule has 178 valence electrons. The molecule has 0 aliphatic carbocycles. The summed E-state index contributed by atoms with van der Waals surface area (Å²) in [6.45, 7) is 0. The molecule has 1 aliphatic heterocycles. The quantitative estimate of drug-likeness (QED) is 0.488. The minimum absolute atomic E-state index is 0.177. The van der Waals surface area contributed by atoms with Crippen LogP contribution in [-0.4, -0.2) is 52.2 Å². The molecule has 1 unspecified atom stereocenters. The SMILES string of the molecule is COc1ccc(C2=NN(C(=O)c3ccco3)C(c3ccc(OC)c(OC)c3OC)C2)c(OC)c1. The molecule has 4 rings (SSSR count). The Kier molecular flexibility index (Phi) is 6.62. The second kappa shape index (κ2) is 9.78. The zero-order chi connectivity index (χ0) is 24.2. The van der Waals surface area contributed by atoms with Crippen LogP contribution >= 0.6 is 0 Å². The molecule has 0 bridgehead atoms. The number of hydrazone groups is 1. The predicted molar refractivity (Wildman–Crippen MR) is 124 cm³/mol. The maximum atomic E-state index is 13.4. The molecule has 0 saturated heterocycles. The average molecular weight is 466 g/mol. The van der Waals surface area contributed by atoms with E-state index in [4.69, 9.17) is 33.2 Å². The van der Waals surface area contributed by atoms with Gasteiger partial charge in [0.2, 0.25) is 5.75 Å². The first-order valence-electron chi connectivity index (χ1n) is 10.5. The van der Waals surface area contributed by atoms with E-state index in [1.165, 1.54) is 18.4 Å². The van der Waals surface area contributed by atoms with Gasteiger partial charge in [0.1, 0.15) is 11.5 Å². The molecule has 0 spiro atoms. The lowest BCUT2D eigenvalue weighted by Crippen LogP contribution is -2.27. The number of nitrogens with zero attached hydrogens (tertiary/aromatic N) is 2. The van der Waals surface area contributed by atoms with Gasteiger partial charge in [-0.3, -0.25) is 4.79 Å². The Morgan fingerprint density at radius 2 is 1.68 bits per heavy atom. The second-order valence-electron chi connectivity index (χ2n) is 7.38. The first kappa shape index (κ1) is 23.0. The number of methoxy groups -OCH3 is 5. The highest BCUT2D eigenvalue weighted by atomic mass is 16.5. The van der Waals surface area contributed by atoms with Crippen molar-refractivity contribution in [3.05, 3.63) is 65.6 Å². The molecule has 34 heavy (non-hydrogen) atoms. The summed E-state index contributed by atoms with van der Waals surface area (Å²) in [4.78, 5) is 13.4. The van der Waals surface area contributed by atoms with E-state index in [9.17, 15) is 4.79 Å². The maximum Gasteiger partial charge on any atom is 0.310 e. The third kappa shape index (κ3) is 4.00. The van der Waals surface area contributed by atoms with Crippen LogP contribution in [0.25, 0.3) is 0 Å². The third-order valence-electron chi connectivity index (χ3n) is 5.66. The normalized spacial score (nSPS) is 15.0. The lowest BCUT2D eigenvalue weighted by molar-refractivity contribution is 0.0676. The van der Waals surface area contributed by atoms with Gasteiger partial charge in [0.25, 0.3) is 0 Å². The zero-order valence-corrected chi connectivity index (χ0v) is 19.7. The lowest BCUT2D eigenvalue weighted by Gasteiger charge is -2.24. The van der Waals surface area contributed by atoms with Crippen LogP contribution in [0.1, 0.15) is 34.1 Å². The monoisotopic (exact) mass is 466 g/mol. The fourth-order valence-electron chi connectivity index (χ4n) is 4.04. The number of hydrogen-bond acceptors (Lipinski definition) is 8. The Balaban J connectivity index is 1.83. The summed E-state index contributed by atoms with van der Waals surface area (Å²) >= 11 is 0. The van der Waals surface area contributed by atoms with E-state index in [0.717, 1.165) is 5.56 Å². The molecule has 0 radical (unpaired) electrons. The molecule has 2 aromatic carbocycles. The van der Waals surface area contributed by atoms with Gasteiger partial charge in [-0.25, -0.2) is 5.01 Å². The van der Waals surface area contributed by atoms with Crippen molar-refractivity contribution in [2.24, 2.45) is 5.10 Å². The summed E-state index contributed by atoms with van der Waals surface area (Å²) in [6.07, 6.45) is 1.85. The van der Waals surface area contributed by atoms with Gasteiger partial charge in [-0.05, 0) is 36.4 Å². The van der Waals surface area contributed by atoms with Gasteiger partial charge in [-0.2, -0.15) is 5.10 Å². The first-order valence-corrected chi connectivity index (χ1v) is 10.5. The summed E-state index contributed by atoms with van der Waals surface area (Å²) in [5.41, 5.74) is 2.13. The van der Waals surface area contributed by atoms with Crippen molar-refractivity contribution in [2.45, 2.75) is 12.5 Å². The number of rotatable bonds is 8. The van der Waals surface area contributed by atoms with Gasteiger partial charge in [-0.15, -0.1) is 0 Å². The van der Waals surface area contributed by atoms with Crippen LogP contribution in [0, 0.1) is 0 Å². The number of hydrogen-bond donors (Lipinski definition) is 0. The number of amides is 1. The van der Waals surface area contributed by atoms with Crippen LogP contribution in [0.4, 0.5) is 0 Å². The van der Waals surface area contributed by atoms with Crippen LogP contribution < -0.4 is 23.7 Å². The highest BCUT2D eigenvalue weighted by molar-refractivity contribution is 6.06. The molecule has 9 nitrogen and oxygen atoms in total. The van der Waals surface area contributed by atoms with Crippen LogP contribution in [0.2, 0.25) is 0 Å². The average Bonchev–Trinajstić information content (AvgIpc) is 3.57. The molecule has 1 aliphatic rings. The molecule has 9 heteroatoms. The van der Waals surface area contributed by atoms with E-state index >= 15 is 0 Å². The Labute approximate surface area is 197 Å². The fourth-order valence-corrected chi connectivity index (χ4v) is 4.04. The highest BCUT2D eigenvalue weighted by Crippen LogP contribution is 2.46. The topological polar surface area (TPSA) is 92.0 Å². The molecule has 1 atom stereocenters. The van der Waals surface area contributed by atoms with E-state index in [0.29, 0.717) is 46.4 Å². The fraction of sp³-hybridized carbons (Fsp3) is 0.280. The van der Waals surface area contributed by atoms with Crippen molar-refractivity contribution in [3.8, 4) is 28.7 Å². The molecule has 0 saturated carbocycles. The Bertz CT molecular complexity index is 1200. The van der Waals surface area contributed by atoms with Crippen LogP contribution in [0.5, 0.6) is 28.7 Å². The van der Waals surface area contributed by atoms with E-state index in [1.807, 2.05) is 18.2 Å². The predicted octanol–water partition coefficient (Wildman–Crippen LogP) is 4.31. The van der Waals surface area contributed by atoms with Crippen molar-refractivity contribution < 1.29 is 32.9 Å². The van der Waals surface area contributed by atoms with Crippen LogP contribution in [0.3, 0.4) is 0 Å². The van der Waals surface area contributed by atoms with Gasteiger partial charge in [0.05, 0.1) is 53.6 Å². The zero-order valence-electron chi connectivity index (χ0n) is 19.7. The summed E-state index contributed by atoms with van der Waals surface area (Å²) < 4.78 is 32.9. The minimum atomic E-state index is -0.492. The molecule has 0 fully saturated rings. The van der Waals surface area contributed by atoms with Gasteiger partial charge < -0.3 is 28.1 Å². The number of carbonyl (C=O) groups excluding carboxylic acids is 1. The number of ether oxygens (including phenoxy) is 5. The highest BCUT2D eigenvalue weighted by Gasteiger charge is 2.38.